The molecule has 5 aromatic carbocycles. The van der Waals surface area contributed by atoms with Gasteiger partial charge >= 0.3 is 0 Å². The van der Waals surface area contributed by atoms with Gasteiger partial charge in [-0.15, -0.1) is 0 Å². The predicted octanol–water partition coefficient (Wildman–Crippen LogP) is 10.3. The van der Waals surface area contributed by atoms with E-state index in [0.29, 0.717) is 5.82 Å². The Morgan fingerprint density at radius 2 is 1.28 bits per heavy atom. The Labute approximate surface area is 291 Å². The van der Waals surface area contributed by atoms with Crippen LogP contribution in [0.15, 0.2) is 143 Å². The highest BCUT2D eigenvalue weighted by Crippen LogP contribution is 2.64. The smallest absolute Gasteiger partial charge is 0.160 e. The van der Waals surface area contributed by atoms with Crippen LogP contribution in [0, 0.1) is 0 Å². The van der Waals surface area contributed by atoms with Gasteiger partial charge in [0.1, 0.15) is 11.0 Å². The van der Waals surface area contributed by atoms with E-state index in [1.807, 2.05) is 31.2 Å². The summed E-state index contributed by atoms with van der Waals surface area (Å²) < 4.78 is 6.50. The number of fused-ring (bicyclic) bond motifs is 11. The van der Waals surface area contributed by atoms with Gasteiger partial charge in [0.25, 0.3) is 0 Å². The van der Waals surface area contributed by atoms with Crippen LogP contribution in [0.5, 0.6) is 0 Å². The van der Waals surface area contributed by atoms with Crippen molar-refractivity contribution in [2.24, 2.45) is 0 Å². The van der Waals surface area contributed by atoms with E-state index in [1.54, 1.807) is 0 Å². The van der Waals surface area contributed by atoms with Crippen molar-refractivity contribution in [2.45, 2.75) is 32.1 Å². The molecule has 2 aromatic heterocycles. The van der Waals surface area contributed by atoms with Crippen LogP contribution in [0.3, 0.4) is 0 Å². The van der Waals surface area contributed by atoms with Crippen LogP contribution in [0.1, 0.15) is 48.9 Å². The normalized spacial score (nSPS) is 17.8. The fraction of sp³-hybridized carbons (Fsp3) is 0.106. The van der Waals surface area contributed by atoms with Crippen molar-refractivity contribution in [1.29, 1.82) is 0 Å². The minimum Gasteiger partial charge on any atom is -0.456 e. The molecule has 3 heteroatoms. The molecule has 1 spiro atoms. The molecule has 1 unspecified atom stereocenters. The molecule has 1 atom stereocenters. The zero-order valence-corrected chi connectivity index (χ0v) is 28.1. The predicted molar refractivity (Wildman–Crippen MR) is 205 cm³/mol. The molecule has 0 radical (unpaired) electrons. The topological polar surface area (TPSA) is 38.9 Å². The molecule has 7 aromatic rings. The van der Waals surface area contributed by atoms with Crippen LogP contribution in [-0.4, -0.2) is 9.97 Å². The van der Waals surface area contributed by atoms with E-state index in [9.17, 15) is 0 Å². The minimum absolute atomic E-state index is 0.372. The van der Waals surface area contributed by atoms with Crippen LogP contribution in [-0.2, 0) is 5.41 Å². The van der Waals surface area contributed by atoms with Gasteiger partial charge in [0.2, 0.25) is 0 Å². The van der Waals surface area contributed by atoms with Gasteiger partial charge < -0.3 is 4.42 Å². The van der Waals surface area contributed by atoms with Crippen molar-refractivity contribution >= 4 is 28.7 Å². The molecule has 10 rings (SSSR count). The Hall–Kier alpha value is -6.06. The Balaban J connectivity index is 1.24. The molecule has 50 heavy (non-hydrogen) atoms. The maximum absolute atomic E-state index is 6.50. The van der Waals surface area contributed by atoms with Gasteiger partial charge in [0.15, 0.2) is 5.82 Å². The average Bonchev–Trinajstić information content (AvgIpc) is 3.81. The number of hydrogen-bond donors (Lipinski definition) is 0. The first kappa shape index (κ1) is 28.9. The summed E-state index contributed by atoms with van der Waals surface area (Å²) >= 11 is 0. The first-order chi connectivity index (χ1) is 24.7. The number of nitrogens with zero attached hydrogens (tertiary/aromatic N) is 2. The van der Waals surface area contributed by atoms with Gasteiger partial charge in [-0.2, -0.15) is 0 Å². The molecule has 0 fully saturated rings. The fourth-order valence-electron chi connectivity index (χ4n) is 8.81. The van der Waals surface area contributed by atoms with E-state index in [-0.39, 0.29) is 5.41 Å². The molecule has 0 saturated heterocycles. The summed E-state index contributed by atoms with van der Waals surface area (Å²) in [6, 6.07) is 43.8. The lowest BCUT2D eigenvalue weighted by Crippen LogP contribution is -2.26. The number of hydrogen-bond acceptors (Lipinski definition) is 3. The van der Waals surface area contributed by atoms with Crippen LogP contribution in [0.4, 0.5) is 0 Å². The maximum Gasteiger partial charge on any atom is 0.160 e. The number of furan rings is 1. The van der Waals surface area contributed by atoms with Crippen LogP contribution in [0.25, 0.3) is 73.7 Å². The van der Waals surface area contributed by atoms with E-state index < -0.39 is 0 Å². The summed E-state index contributed by atoms with van der Waals surface area (Å²) in [7, 11) is 0. The van der Waals surface area contributed by atoms with Gasteiger partial charge in [0.05, 0.1) is 16.8 Å². The van der Waals surface area contributed by atoms with E-state index >= 15 is 0 Å². The monoisotopic (exact) mass is 642 g/mol. The number of aromatic nitrogens is 2. The third-order valence-corrected chi connectivity index (χ3v) is 10.9. The summed E-state index contributed by atoms with van der Waals surface area (Å²) in [5.74, 6) is 0.691. The van der Waals surface area contributed by atoms with Gasteiger partial charge in [-0.1, -0.05) is 121 Å². The molecule has 3 aliphatic carbocycles. The second-order valence-corrected chi connectivity index (χ2v) is 13.4. The van der Waals surface area contributed by atoms with E-state index in [0.717, 1.165) is 62.5 Å². The molecule has 2 heterocycles. The van der Waals surface area contributed by atoms with E-state index in [4.69, 9.17) is 14.4 Å². The number of para-hydroxylation sites is 1. The van der Waals surface area contributed by atoms with Gasteiger partial charge in [-0.05, 0) is 95.5 Å². The standard InChI is InChI=1S/C47H34N2O/c1-3-31-36-20-14-21-37(45(36)50-44(31)4-2)43-28-42(48-46(49-43)29-15-6-5-7-16-29)30-25-26-35-34-19-10-13-24-40(34)47(41(35)27-30)38-22-11-8-17-32(38)33-18-9-12-23-39(33)47/h3-8,10-11,13-28H,9,12H2,1-2H3/b31-3-,44-4+. The van der Waals surface area contributed by atoms with Gasteiger partial charge in [-0.3, -0.25) is 0 Å². The average molecular weight is 643 g/mol. The third kappa shape index (κ3) is 3.92. The van der Waals surface area contributed by atoms with Crippen molar-refractivity contribution in [2.75, 3.05) is 0 Å². The number of benzene rings is 5. The second kappa shape index (κ2) is 11.0. The molecule has 238 valence electrons. The zero-order chi connectivity index (χ0) is 33.4. The van der Waals surface area contributed by atoms with Crippen LogP contribution < -0.4 is 10.6 Å². The SMILES string of the molecule is C/C=c1\c(=C/C)oc2c(-c3cc(-c4ccc5c(c4)C4(C6=CCCC=C6c6ccccc64)c4ccccc4-5)nc(-c4ccccc4)n3)cccc12. The Morgan fingerprint density at radius 1 is 0.580 bits per heavy atom. The maximum atomic E-state index is 6.50. The molecule has 0 aliphatic heterocycles. The zero-order valence-electron chi connectivity index (χ0n) is 28.1. The molecule has 3 nitrogen and oxygen atoms in total. The van der Waals surface area contributed by atoms with Crippen molar-refractivity contribution in [3.05, 3.63) is 172 Å². The number of allylic oxidation sites excluding steroid dienone is 4. The molecule has 0 N–H and O–H groups in total. The van der Waals surface area contributed by atoms with Crippen molar-refractivity contribution in [3.8, 4) is 45.0 Å². The summed E-state index contributed by atoms with van der Waals surface area (Å²) in [6.07, 6.45) is 11.2. The first-order valence-corrected chi connectivity index (χ1v) is 17.6. The minimum atomic E-state index is -0.372. The molecule has 3 aliphatic rings. The summed E-state index contributed by atoms with van der Waals surface area (Å²) in [6.45, 7) is 4.08. The Bertz CT molecular complexity index is 2730. The highest BCUT2D eigenvalue weighted by molar-refractivity contribution is 6.01. The quantitative estimate of drug-likeness (QED) is 0.193. The Kier molecular flexibility index (Phi) is 6.35. The van der Waals surface area contributed by atoms with E-state index in [2.05, 4.69) is 128 Å². The first-order valence-electron chi connectivity index (χ1n) is 17.6. The van der Waals surface area contributed by atoms with Crippen LogP contribution in [0.2, 0.25) is 0 Å². The lowest BCUT2D eigenvalue weighted by Gasteiger charge is -2.32. The summed E-state index contributed by atoms with van der Waals surface area (Å²) in [5.41, 5.74) is 16.9. The fourth-order valence-corrected chi connectivity index (χ4v) is 8.81. The summed E-state index contributed by atoms with van der Waals surface area (Å²) in [4.78, 5) is 10.5. The molecule has 0 amide bonds. The van der Waals surface area contributed by atoms with Crippen LogP contribution >= 0.6 is 0 Å². The lowest BCUT2D eigenvalue weighted by molar-refractivity contribution is 0.575. The van der Waals surface area contributed by atoms with Gasteiger partial charge in [-0.25, -0.2) is 9.97 Å². The second-order valence-electron chi connectivity index (χ2n) is 13.4. The van der Waals surface area contributed by atoms with Gasteiger partial charge in [0, 0.05) is 27.3 Å². The molecular formula is C47H34N2O. The van der Waals surface area contributed by atoms with Crippen molar-refractivity contribution < 1.29 is 4.42 Å². The molecular weight excluding hydrogens is 609 g/mol. The highest BCUT2D eigenvalue weighted by atomic mass is 16.3. The Morgan fingerprint density at radius 3 is 2.10 bits per heavy atom. The third-order valence-electron chi connectivity index (χ3n) is 10.9. The number of rotatable bonds is 3. The van der Waals surface area contributed by atoms with Crippen molar-refractivity contribution in [3.63, 3.8) is 0 Å². The highest BCUT2D eigenvalue weighted by Gasteiger charge is 2.53. The summed E-state index contributed by atoms with van der Waals surface area (Å²) in [5, 5.41) is 2.19. The largest absolute Gasteiger partial charge is 0.456 e. The molecule has 0 bridgehead atoms. The van der Waals surface area contributed by atoms with Crippen molar-refractivity contribution in [1.82, 2.24) is 9.97 Å². The van der Waals surface area contributed by atoms with E-state index in [1.165, 1.54) is 44.5 Å². The lowest BCUT2D eigenvalue weighted by atomic mass is 9.69. The molecule has 0 saturated carbocycles.